The van der Waals surface area contributed by atoms with E-state index in [2.05, 4.69) is 5.32 Å². The average molecular weight is 164 g/mol. The predicted octanol–water partition coefficient (Wildman–Crippen LogP) is 2.07. The molecule has 0 atom stereocenters. The lowest BCUT2D eigenvalue weighted by molar-refractivity contribution is 0.619. The minimum absolute atomic E-state index is 0.225. The molecule has 0 unspecified atom stereocenters. The van der Waals surface area contributed by atoms with Crippen LogP contribution in [0.2, 0.25) is 0 Å². The maximum Gasteiger partial charge on any atom is 0.126 e. The zero-order valence-corrected chi connectivity index (χ0v) is 6.76. The molecule has 0 aliphatic carbocycles. The number of aryl methyl sites for hydroxylation is 1. The van der Waals surface area contributed by atoms with Crippen LogP contribution in [-0.2, 0) is 0 Å². The van der Waals surface area contributed by atoms with Gasteiger partial charge in [0.05, 0.1) is 6.07 Å². The van der Waals surface area contributed by atoms with Gasteiger partial charge in [0, 0.05) is 5.69 Å². The second-order valence-corrected chi connectivity index (χ2v) is 2.48. The van der Waals surface area contributed by atoms with Crippen molar-refractivity contribution >= 4 is 5.69 Å². The number of nitrogens with one attached hydrogen (secondary N) is 1. The van der Waals surface area contributed by atoms with Crippen molar-refractivity contribution in [2.24, 2.45) is 0 Å². The van der Waals surface area contributed by atoms with Crippen LogP contribution in [-0.4, -0.2) is 6.54 Å². The van der Waals surface area contributed by atoms with Gasteiger partial charge in [0.2, 0.25) is 0 Å². The molecule has 0 aliphatic rings. The summed E-state index contributed by atoms with van der Waals surface area (Å²) in [4.78, 5) is 0. The van der Waals surface area contributed by atoms with Gasteiger partial charge in [-0.15, -0.1) is 0 Å². The lowest BCUT2D eigenvalue weighted by atomic mass is 10.2. The van der Waals surface area contributed by atoms with Gasteiger partial charge in [-0.2, -0.15) is 5.26 Å². The van der Waals surface area contributed by atoms with Crippen molar-refractivity contribution < 1.29 is 4.39 Å². The maximum atomic E-state index is 12.7. The van der Waals surface area contributed by atoms with Gasteiger partial charge in [0.25, 0.3) is 0 Å². The van der Waals surface area contributed by atoms with Gasteiger partial charge in [-0.25, -0.2) is 4.39 Å². The molecular weight excluding hydrogens is 155 g/mol. The minimum atomic E-state index is -0.225. The normalized spacial score (nSPS) is 9.08. The number of halogens is 1. The fourth-order valence-corrected chi connectivity index (χ4v) is 0.896. The summed E-state index contributed by atoms with van der Waals surface area (Å²) in [6.45, 7) is 1.93. The second kappa shape index (κ2) is 3.72. The van der Waals surface area contributed by atoms with Crippen molar-refractivity contribution in [3.8, 4) is 6.07 Å². The first-order chi connectivity index (χ1) is 5.74. The first kappa shape index (κ1) is 8.54. The molecule has 0 heterocycles. The third kappa shape index (κ3) is 1.96. The second-order valence-electron chi connectivity index (χ2n) is 2.48. The molecule has 0 fully saturated rings. The monoisotopic (exact) mass is 164 g/mol. The van der Waals surface area contributed by atoms with Crippen LogP contribution in [0.15, 0.2) is 18.2 Å². The molecular formula is C9H9FN2. The SMILES string of the molecule is Cc1cc(NCC#N)ccc1F. The number of hydrogen-bond donors (Lipinski definition) is 1. The van der Waals surface area contributed by atoms with Crippen molar-refractivity contribution in [2.75, 3.05) is 11.9 Å². The molecule has 1 aromatic rings. The van der Waals surface area contributed by atoms with E-state index >= 15 is 0 Å². The average Bonchev–Trinajstić information content (AvgIpc) is 2.07. The number of hydrogen-bond acceptors (Lipinski definition) is 2. The largest absolute Gasteiger partial charge is 0.372 e. The number of nitriles is 1. The van der Waals surface area contributed by atoms with E-state index in [9.17, 15) is 4.39 Å². The van der Waals surface area contributed by atoms with E-state index in [1.807, 2.05) is 6.07 Å². The summed E-state index contributed by atoms with van der Waals surface area (Å²) >= 11 is 0. The first-order valence-corrected chi connectivity index (χ1v) is 3.61. The Balaban J connectivity index is 2.77. The number of rotatable bonds is 2. The highest BCUT2D eigenvalue weighted by molar-refractivity contribution is 5.46. The van der Waals surface area contributed by atoms with E-state index in [0.29, 0.717) is 5.56 Å². The fraction of sp³-hybridized carbons (Fsp3) is 0.222. The van der Waals surface area contributed by atoms with Gasteiger partial charge in [-0.05, 0) is 30.7 Å². The molecule has 12 heavy (non-hydrogen) atoms. The molecule has 2 nitrogen and oxygen atoms in total. The van der Waals surface area contributed by atoms with E-state index in [1.165, 1.54) is 6.07 Å². The van der Waals surface area contributed by atoms with Gasteiger partial charge in [-0.1, -0.05) is 0 Å². The van der Waals surface area contributed by atoms with Crippen LogP contribution in [0.4, 0.5) is 10.1 Å². The molecule has 1 rings (SSSR count). The topological polar surface area (TPSA) is 35.8 Å². The fourth-order valence-electron chi connectivity index (χ4n) is 0.896. The smallest absolute Gasteiger partial charge is 0.126 e. The quantitative estimate of drug-likeness (QED) is 0.679. The summed E-state index contributed by atoms with van der Waals surface area (Å²) in [7, 11) is 0. The Morgan fingerprint density at radius 1 is 1.58 bits per heavy atom. The van der Waals surface area contributed by atoms with E-state index in [4.69, 9.17) is 5.26 Å². The van der Waals surface area contributed by atoms with Crippen molar-refractivity contribution in [3.05, 3.63) is 29.6 Å². The van der Waals surface area contributed by atoms with Crippen LogP contribution in [0.5, 0.6) is 0 Å². The van der Waals surface area contributed by atoms with Crippen LogP contribution in [0.3, 0.4) is 0 Å². The van der Waals surface area contributed by atoms with Crippen LogP contribution < -0.4 is 5.32 Å². The molecule has 0 aromatic heterocycles. The summed E-state index contributed by atoms with van der Waals surface area (Å²) in [6, 6.07) is 6.61. The molecule has 62 valence electrons. The summed E-state index contributed by atoms with van der Waals surface area (Å²) in [5, 5.41) is 11.1. The Kier molecular flexibility index (Phi) is 2.65. The lowest BCUT2D eigenvalue weighted by Crippen LogP contribution is -1.98. The minimum Gasteiger partial charge on any atom is -0.372 e. The van der Waals surface area contributed by atoms with Crippen molar-refractivity contribution in [2.45, 2.75) is 6.92 Å². The molecule has 0 spiro atoms. The first-order valence-electron chi connectivity index (χ1n) is 3.61. The third-order valence-corrected chi connectivity index (χ3v) is 1.53. The van der Waals surface area contributed by atoms with Crippen LogP contribution in [0, 0.1) is 24.1 Å². The Morgan fingerprint density at radius 2 is 2.33 bits per heavy atom. The molecule has 0 radical (unpaired) electrons. The van der Waals surface area contributed by atoms with Gasteiger partial charge in [-0.3, -0.25) is 0 Å². The van der Waals surface area contributed by atoms with Gasteiger partial charge >= 0.3 is 0 Å². The van der Waals surface area contributed by atoms with Crippen molar-refractivity contribution in [1.82, 2.24) is 0 Å². The number of nitrogens with zero attached hydrogens (tertiary/aromatic N) is 1. The Bertz CT molecular complexity index is 315. The highest BCUT2D eigenvalue weighted by atomic mass is 19.1. The molecule has 0 aliphatic heterocycles. The molecule has 0 saturated heterocycles. The highest BCUT2D eigenvalue weighted by Crippen LogP contribution is 2.12. The number of anilines is 1. The summed E-state index contributed by atoms with van der Waals surface area (Å²) in [5.74, 6) is -0.225. The highest BCUT2D eigenvalue weighted by Gasteiger charge is 1.96. The number of benzene rings is 1. The zero-order chi connectivity index (χ0) is 8.97. The van der Waals surface area contributed by atoms with Gasteiger partial charge < -0.3 is 5.32 Å². The predicted molar refractivity (Wildman–Crippen MR) is 45.2 cm³/mol. The van der Waals surface area contributed by atoms with Crippen LogP contribution in [0.1, 0.15) is 5.56 Å². The Labute approximate surface area is 70.6 Å². The Morgan fingerprint density at radius 3 is 2.92 bits per heavy atom. The molecule has 0 amide bonds. The van der Waals surface area contributed by atoms with E-state index in [-0.39, 0.29) is 12.4 Å². The summed E-state index contributed by atoms with van der Waals surface area (Å²) < 4.78 is 12.7. The molecule has 1 N–H and O–H groups in total. The van der Waals surface area contributed by atoms with Gasteiger partial charge in [0.15, 0.2) is 0 Å². The lowest BCUT2D eigenvalue weighted by Gasteiger charge is -2.02. The third-order valence-electron chi connectivity index (χ3n) is 1.53. The maximum absolute atomic E-state index is 12.7. The van der Waals surface area contributed by atoms with Crippen LogP contribution in [0.25, 0.3) is 0 Å². The summed E-state index contributed by atoms with van der Waals surface area (Å²) in [5.41, 5.74) is 1.35. The van der Waals surface area contributed by atoms with Crippen LogP contribution >= 0.6 is 0 Å². The van der Waals surface area contributed by atoms with Crippen molar-refractivity contribution in [3.63, 3.8) is 0 Å². The summed E-state index contributed by atoms with van der Waals surface area (Å²) in [6.07, 6.45) is 0. The Hall–Kier alpha value is -1.56. The van der Waals surface area contributed by atoms with Gasteiger partial charge in [0.1, 0.15) is 12.4 Å². The van der Waals surface area contributed by atoms with Crippen molar-refractivity contribution in [1.29, 1.82) is 5.26 Å². The zero-order valence-electron chi connectivity index (χ0n) is 6.76. The van der Waals surface area contributed by atoms with E-state index in [0.717, 1.165) is 5.69 Å². The molecule has 1 aromatic carbocycles. The standard InChI is InChI=1S/C9H9FN2/c1-7-6-8(12-5-4-11)2-3-9(7)10/h2-3,6,12H,5H2,1H3. The van der Waals surface area contributed by atoms with E-state index in [1.54, 1.807) is 19.1 Å². The molecule has 3 heteroatoms. The van der Waals surface area contributed by atoms with E-state index < -0.39 is 0 Å². The molecule has 0 bridgehead atoms. The molecule has 0 saturated carbocycles.